The third-order valence-corrected chi connectivity index (χ3v) is 5.29. The van der Waals surface area contributed by atoms with Gasteiger partial charge in [0, 0.05) is 11.3 Å². The fourth-order valence-corrected chi connectivity index (χ4v) is 3.62. The molecule has 7 heteroatoms. The van der Waals surface area contributed by atoms with E-state index in [9.17, 15) is 4.79 Å². The largest absolute Gasteiger partial charge is 0.497 e. The molecule has 31 heavy (non-hydrogen) atoms. The number of hydrogen-bond donors (Lipinski definition) is 1. The summed E-state index contributed by atoms with van der Waals surface area (Å²) in [5.41, 5.74) is 3.58. The third-order valence-electron chi connectivity index (χ3n) is 4.89. The van der Waals surface area contributed by atoms with Crippen molar-refractivity contribution in [1.29, 1.82) is 0 Å². The van der Waals surface area contributed by atoms with Crippen molar-refractivity contribution < 1.29 is 9.53 Å². The number of para-hydroxylation sites is 2. The number of carbonyl (C=O) groups is 1. The van der Waals surface area contributed by atoms with Crippen molar-refractivity contribution >= 4 is 23.8 Å². The van der Waals surface area contributed by atoms with Gasteiger partial charge in [-0.1, -0.05) is 36.4 Å². The van der Waals surface area contributed by atoms with Crippen molar-refractivity contribution in [3.63, 3.8) is 0 Å². The van der Waals surface area contributed by atoms with Crippen LogP contribution < -0.4 is 10.1 Å². The summed E-state index contributed by atoms with van der Waals surface area (Å²) in [5.74, 6) is 1.22. The maximum absolute atomic E-state index is 12.6. The average Bonchev–Trinajstić information content (AvgIpc) is 3.10. The minimum absolute atomic E-state index is 0.00969. The second kappa shape index (κ2) is 8.97. The first-order valence-corrected chi connectivity index (χ1v) is 10.2. The number of nitrogens with zero attached hydrogens (tertiary/aromatic N) is 3. The molecule has 0 aliphatic heterocycles. The van der Waals surface area contributed by atoms with Gasteiger partial charge in [0.15, 0.2) is 5.82 Å². The van der Waals surface area contributed by atoms with E-state index in [1.54, 1.807) is 11.8 Å². The van der Waals surface area contributed by atoms with Crippen LogP contribution in [-0.4, -0.2) is 27.4 Å². The standard InChI is InChI=1S/C24H22N4O2S/c1-17-8-6-7-11-21(17)28-23(18-12-14-20(30-2)15-13-18)26-27(24(28)31)16-22(29)25-19-9-4-3-5-10-19/h3-15H,16H2,1-2H3,(H,25,29). The highest BCUT2D eigenvalue weighted by Gasteiger charge is 2.17. The van der Waals surface area contributed by atoms with E-state index in [0.717, 1.165) is 28.3 Å². The number of rotatable bonds is 6. The van der Waals surface area contributed by atoms with Crippen LogP contribution in [0.4, 0.5) is 5.69 Å². The van der Waals surface area contributed by atoms with Crippen LogP contribution in [0.2, 0.25) is 0 Å². The van der Waals surface area contributed by atoms with Crippen molar-refractivity contribution in [2.24, 2.45) is 0 Å². The number of benzene rings is 3. The van der Waals surface area contributed by atoms with Gasteiger partial charge in [-0.25, -0.2) is 4.68 Å². The van der Waals surface area contributed by atoms with Gasteiger partial charge >= 0.3 is 0 Å². The maximum atomic E-state index is 12.6. The number of methoxy groups -OCH3 is 1. The van der Waals surface area contributed by atoms with Gasteiger partial charge in [-0.05, 0) is 67.2 Å². The molecule has 0 saturated carbocycles. The van der Waals surface area contributed by atoms with Crippen molar-refractivity contribution in [3.8, 4) is 22.8 Å². The molecule has 1 aromatic heterocycles. The molecule has 0 saturated heterocycles. The van der Waals surface area contributed by atoms with Crippen molar-refractivity contribution in [2.45, 2.75) is 13.5 Å². The first kappa shape index (κ1) is 20.6. The number of anilines is 1. The molecule has 0 aliphatic carbocycles. The van der Waals surface area contributed by atoms with Gasteiger partial charge in [0.2, 0.25) is 10.7 Å². The molecule has 0 fully saturated rings. The summed E-state index contributed by atoms with van der Waals surface area (Å²) >= 11 is 5.74. The molecule has 1 amide bonds. The lowest BCUT2D eigenvalue weighted by Crippen LogP contribution is -2.19. The Kier molecular flexibility index (Phi) is 5.95. The topological polar surface area (TPSA) is 61.1 Å². The Labute approximate surface area is 185 Å². The van der Waals surface area contributed by atoms with E-state index in [4.69, 9.17) is 22.1 Å². The summed E-state index contributed by atoms with van der Waals surface area (Å²) in [7, 11) is 1.63. The van der Waals surface area contributed by atoms with E-state index in [1.807, 2.05) is 90.4 Å². The number of hydrogen-bond acceptors (Lipinski definition) is 4. The molecule has 6 nitrogen and oxygen atoms in total. The number of aromatic nitrogens is 3. The molecule has 1 heterocycles. The Morgan fingerprint density at radius 2 is 1.68 bits per heavy atom. The number of amides is 1. The summed E-state index contributed by atoms with van der Waals surface area (Å²) in [6.07, 6.45) is 0. The molecule has 0 bridgehead atoms. The Morgan fingerprint density at radius 1 is 1.00 bits per heavy atom. The zero-order chi connectivity index (χ0) is 21.8. The molecule has 0 atom stereocenters. The van der Waals surface area contributed by atoms with Gasteiger partial charge in [0.1, 0.15) is 12.3 Å². The van der Waals surface area contributed by atoms with Gasteiger partial charge in [-0.3, -0.25) is 9.36 Å². The second-order valence-corrected chi connectivity index (χ2v) is 7.39. The molecule has 156 valence electrons. The Morgan fingerprint density at radius 3 is 2.35 bits per heavy atom. The van der Waals surface area contributed by atoms with Crippen LogP contribution >= 0.6 is 12.2 Å². The van der Waals surface area contributed by atoms with Crippen LogP contribution in [0, 0.1) is 11.7 Å². The van der Waals surface area contributed by atoms with E-state index in [0.29, 0.717) is 10.6 Å². The van der Waals surface area contributed by atoms with Crippen LogP contribution in [0.15, 0.2) is 78.9 Å². The van der Waals surface area contributed by atoms with Crippen LogP contribution in [0.3, 0.4) is 0 Å². The number of nitrogens with one attached hydrogen (secondary N) is 1. The quantitative estimate of drug-likeness (QED) is 0.436. The number of ether oxygens (including phenoxy) is 1. The molecule has 0 radical (unpaired) electrons. The molecule has 4 aromatic rings. The minimum Gasteiger partial charge on any atom is -0.497 e. The van der Waals surface area contributed by atoms with Crippen LogP contribution in [0.1, 0.15) is 5.56 Å². The third kappa shape index (κ3) is 4.41. The minimum atomic E-state index is -0.196. The van der Waals surface area contributed by atoms with Gasteiger partial charge < -0.3 is 10.1 Å². The van der Waals surface area contributed by atoms with Crippen molar-refractivity contribution in [2.75, 3.05) is 12.4 Å². The van der Waals surface area contributed by atoms with Crippen LogP contribution in [-0.2, 0) is 11.3 Å². The van der Waals surface area contributed by atoms with E-state index in [-0.39, 0.29) is 12.5 Å². The first-order valence-electron chi connectivity index (χ1n) is 9.82. The average molecular weight is 431 g/mol. The summed E-state index contributed by atoms with van der Waals surface area (Å²) in [4.78, 5) is 12.6. The van der Waals surface area contributed by atoms with Gasteiger partial charge in [0.25, 0.3) is 0 Å². The molecular weight excluding hydrogens is 408 g/mol. The fourth-order valence-electron chi connectivity index (χ4n) is 3.33. The summed E-state index contributed by atoms with van der Waals surface area (Å²) in [5, 5.41) is 7.59. The molecule has 3 aromatic carbocycles. The molecule has 0 spiro atoms. The molecule has 1 N–H and O–H groups in total. The predicted molar refractivity (Wildman–Crippen MR) is 124 cm³/mol. The lowest BCUT2D eigenvalue weighted by molar-refractivity contribution is -0.116. The Balaban J connectivity index is 1.75. The summed E-state index contributed by atoms with van der Waals surface area (Å²) in [6, 6.07) is 24.9. The zero-order valence-corrected chi connectivity index (χ0v) is 18.1. The fraction of sp³-hybridized carbons (Fsp3) is 0.125. The summed E-state index contributed by atoms with van der Waals surface area (Å²) < 4.78 is 9.18. The van der Waals surface area contributed by atoms with Crippen LogP contribution in [0.5, 0.6) is 5.75 Å². The normalized spacial score (nSPS) is 10.6. The van der Waals surface area contributed by atoms with E-state index in [2.05, 4.69) is 5.32 Å². The number of carbonyl (C=O) groups excluding carboxylic acids is 1. The monoisotopic (exact) mass is 430 g/mol. The lowest BCUT2D eigenvalue weighted by Gasteiger charge is -2.10. The molecule has 0 unspecified atom stereocenters. The van der Waals surface area contributed by atoms with Gasteiger partial charge in [-0.2, -0.15) is 5.10 Å². The maximum Gasteiger partial charge on any atom is 0.246 e. The van der Waals surface area contributed by atoms with E-state index in [1.165, 1.54) is 0 Å². The highest BCUT2D eigenvalue weighted by molar-refractivity contribution is 7.71. The highest BCUT2D eigenvalue weighted by atomic mass is 32.1. The van der Waals surface area contributed by atoms with Gasteiger partial charge in [0.05, 0.1) is 12.8 Å². The highest BCUT2D eigenvalue weighted by Crippen LogP contribution is 2.26. The van der Waals surface area contributed by atoms with E-state index >= 15 is 0 Å². The van der Waals surface area contributed by atoms with Crippen molar-refractivity contribution in [1.82, 2.24) is 14.3 Å². The van der Waals surface area contributed by atoms with E-state index < -0.39 is 0 Å². The van der Waals surface area contributed by atoms with Gasteiger partial charge in [-0.15, -0.1) is 0 Å². The summed E-state index contributed by atoms with van der Waals surface area (Å²) in [6.45, 7) is 2.03. The second-order valence-electron chi connectivity index (χ2n) is 7.03. The lowest BCUT2D eigenvalue weighted by atomic mass is 10.1. The number of aryl methyl sites for hydroxylation is 1. The molecular formula is C24H22N4O2S. The van der Waals surface area contributed by atoms with Crippen LogP contribution in [0.25, 0.3) is 17.1 Å². The Bertz CT molecular complexity index is 1260. The zero-order valence-electron chi connectivity index (χ0n) is 17.3. The molecule has 0 aliphatic rings. The first-order chi connectivity index (χ1) is 15.1. The SMILES string of the molecule is COc1ccc(-c2nn(CC(=O)Nc3ccccc3)c(=S)n2-c2ccccc2C)cc1. The van der Waals surface area contributed by atoms with Crippen molar-refractivity contribution in [3.05, 3.63) is 89.2 Å². The smallest absolute Gasteiger partial charge is 0.246 e. The molecule has 4 rings (SSSR count). The predicted octanol–water partition coefficient (Wildman–Crippen LogP) is 5.03. The Hall–Kier alpha value is -3.71.